The molecule has 3 nitrogen and oxygen atoms in total. The molecule has 0 aromatic carbocycles. The first-order chi connectivity index (χ1) is 6.64. The van der Waals surface area contributed by atoms with Gasteiger partial charge in [0.1, 0.15) is 0 Å². The highest BCUT2D eigenvalue weighted by Crippen LogP contribution is 2.15. The molecular formula is C11H18N2O. The summed E-state index contributed by atoms with van der Waals surface area (Å²) in [6, 6.07) is 3.88. The summed E-state index contributed by atoms with van der Waals surface area (Å²) in [5.74, 6) is 0. The molecule has 3 heteroatoms. The molecule has 0 aliphatic rings. The van der Waals surface area contributed by atoms with E-state index < -0.39 is 5.60 Å². The summed E-state index contributed by atoms with van der Waals surface area (Å²) in [7, 11) is 1.89. The van der Waals surface area contributed by atoms with Crippen LogP contribution >= 0.6 is 0 Å². The van der Waals surface area contributed by atoms with Crippen LogP contribution < -0.4 is 5.32 Å². The number of nitrogens with zero attached hydrogens (tertiary/aromatic N) is 1. The van der Waals surface area contributed by atoms with Crippen LogP contribution in [0.25, 0.3) is 0 Å². The number of hydrogen-bond acceptors (Lipinski definition) is 3. The SMILES string of the molecule is CNCCC(C)(O)Cc1ccncc1. The van der Waals surface area contributed by atoms with Crippen molar-refractivity contribution in [1.29, 1.82) is 0 Å². The maximum Gasteiger partial charge on any atom is 0.0672 e. The van der Waals surface area contributed by atoms with Crippen LogP contribution in [0.1, 0.15) is 18.9 Å². The van der Waals surface area contributed by atoms with Crippen LogP contribution in [0.2, 0.25) is 0 Å². The van der Waals surface area contributed by atoms with Crippen molar-refractivity contribution in [2.45, 2.75) is 25.4 Å². The average Bonchev–Trinajstić information content (AvgIpc) is 2.16. The van der Waals surface area contributed by atoms with Crippen LogP contribution in [-0.4, -0.2) is 29.3 Å². The summed E-state index contributed by atoms with van der Waals surface area (Å²) >= 11 is 0. The fourth-order valence-corrected chi connectivity index (χ4v) is 1.42. The molecule has 0 aliphatic heterocycles. The van der Waals surface area contributed by atoms with Crippen molar-refractivity contribution in [2.24, 2.45) is 0 Å². The highest BCUT2D eigenvalue weighted by Gasteiger charge is 2.19. The summed E-state index contributed by atoms with van der Waals surface area (Å²) in [5, 5.41) is 13.1. The van der Waals surface area contributed by atoms with Crippen LogP contribution in [0.5, 0.6) is 0 Å². The average molecular weight is 194 g/mol. The second kappa shape index (κ2) is 5.08. The highest BCUT2D eigenvalue weighted by atomic mass is 16.3. The van der Waals surface area contributed by atoms with E-state index in [0.29, 0.717) is 6.42 Å². The van der Waals surface area contributed by atoms with E-state index in [9.17, 15) is 5.11 Å². The molecule has 1 heterocycles. The Morgan fingerprint density at radius 2 is 2.07 bits per heavy atom. The third-order valence-electron chi connectivity index (χ3n) is 2.25. The molecular weight excluding hydrogens is 176 g/mol. The Bertz CT molecular complexity index is 259. The van der Waals surface area contributed by atoms with Gasteiger partial charge in [0.15, 0.2) is 0 Å². The Kier molecular flexibility index (Phi) is 4.04. The fraction of sp³-hybridized carbons (Fsp3) is 0.545. The lowest BCUT2D eigenvalue weighted by Gasteiger charge is -2.23. The van der Waals surface area contributed by atoms with Gasteiger partial charge in [-0.25, -0.2) is 0 Å². The van der Waals surface area contributed by atoms with Gasteiger partial charge in [0.05, 0.1) is 5.60 Å². The number of aromatic nitrogens is 1. The number of aliphatic hydroxyl groups is 1. The zero-order valence-corrected chi connectivity index (χ0v) is 8.83. The van der Waals surface area contributed by atoms with Gasteiger partial charge in [0, 0.05) is 18.8 Å². The Hall–Kier alpha value is -0.930. The Labute approximate surface area is 85.2 Å². The van der Waals surface area contributed by atoms with Crippen molar-refractivity contribution >= 4 is 0 Å². The van der Waals surface area contributed by atoms with Crippen LogP contribution in [-0.2, 0) is 6.42 Å². The highest BCUT2D eigenvalue weighted by molar-refractivity contribution is 5.12. The topological polar surface area (TPSA) is 45.1 Å². The molecule has 1 atom stereocenters. The number of pyridine rings is 1. The van der Waals surface area contributed by atoms with Crippen molar-refractivity contribution in [1.82, 2.24) is 10.3 Å². The molecule has 0 bridgehead atoms. The zero-order chi connectivity index (χ0) is 10.4. The smallest absolute Gasteiger partial charge is 0.0672 e. The van der Waals surface area contributed by atoms with E-state index in [2.05, 4.69) is 10.3 Å². The van der Waals surface area contributed by atoms with Crippen LogP contribution in [0.15, 0.2) is 24.5 Å². The first kappa shape index (κ1) is 11.1. The molecule has 1 aromatic rings. The van der Waals surface area contributed by atoms with Crippen molar-refractivity contribution in [2.75, 3.05) is 13.6 Å². The van der Waals surface area contributed by atoms with E-state index in [1.54, 1.807) is 12.4 Å². The molecule has 0 amide bonds. The molecule has 0 spiro atoms. The van der Waals surface area contributed by atoms with Crippen molar-refractivity contribution < 1.29 is 5.11 Å². The lowest BCUT2D eigenvalue weighted by molar-refractivity contribution is 0.0520. The third kappa shape index (κ3) is 3.85. The lowest BCUT2D eigenvalue weighted by Crippen LogP contribution is -2.31. The Morgan fingerprint density at radius 1 is 1.43 bits per heavy atom. The first-order valence-electron chi connectivity index (χ1n) is 4.90. The monoisotopic (exact) mass is 194 g/mol. The minimum absolute atomic E-state index is 0.635. The van der Waals surface area contributed by atoms with Gasteiger partial charge in [-0.3, -0.25) is 4.98 Å². The Morgan fingerprint density at radius 3 is 2.64 bits per heavy atom. The second-order valence-corrected chi connectivity index (χ2v) is 3.88. The third-order valence-corrected chi connectivity index (χ3v) is 2.25. The van der Waals surface area contributed by atoms with Gasteiger partial charge in [0.25, 0.3) is 0 Å². The molecule has 0 fully saturated rings. The van der Waals surface area contributed by atoms with Crippen LogP contribution in [0.4, 0.5) is 0 Å². The van der Waals surface area contributed by atoms with E-state index in [1.807, 2.05) is 26.1 Å². The molecule has 78 valence electrons. The second-order valence-electron chi connectivity index (χ2n) is 3.88. The van der Waals surface area contributed by atoms with E-state index in [4.69, 9.17) is 0 Å². The molecule has 14 heavy (non-hydrogen) atoms. The van der Waals surface area contributed by atoms with Gasteiger partial charge in [-0.05, 0) is 44.6 Å². The molecule has 0 aliphatic carbocycles. The molecule has 1 unspecified atom stereocenters. The van der Waals surface area contributed by atoms with Gasteiger partial charge >= 0.3 is 0 Å². The molecule has 0 radical (unpaired) electrons. The van der Waals surface area contributed by atoms with Gasteiger partial charge in [-0.1, -0.05) is 0 Å². The summed E-state index contributed by atoms with van der Waals surface area (Å²) < 4.78 is 0. The number of rotatable bonds is 5. The minimum Gasteiger partial charge on any atom is -0.390 e. The normalized spacial score (nSPS) is 15.1. The van der Waals surface area contributed by atoms with Gasteiger partial charge in [-0.15, -0.1) is 0 Å². The zero-order valence-electron chi connectivity index (χ0n) is 8.83. The van der Waals surface area contributed by atoms with Crippen LogP contribution in [0, 0.1) is 0 Å². The molecule has 0 saturated carbocycles. The Balaban J connectivity index is 2.50. The summed E-state index contributed by atoms with van der Waals surface area (Å²) in [6.07, 6.45) is 4.94. The first-order valence-corrected chi connectivity index (χ1v) is 4.90. The van der Waals surface area contributed by atoms with E-state index in [-0.39, 0.29) is 0 Å². The van der Waals surface area contributed by atoms with E-state index >= 15 is 0 Å². The van der Waals surface area contributed by atoms with Gasteiger partial charge in [0.2, 0.25) is 0 Å². The molecule has 0 saturated heterocycles. The van der Waals surface area contributed by atoms with Crippen molar-refractivity contribution in [3.63, 3.8) is 0 Å². The molecule has 2 N–H and O–H groups in total. The van der Waals surface area contributed by atoms with E-state index in [0.717, 1.165) is 18.5 Å². The quantitative estimate of drug-likeness (QED) is 0.734. The molecule has 1 aromatic heterocycles. The maximum atomic E-state index is 10.0. The summed E-state index contributed by atoms with van der Waals surface area (Å²) in [4.78, 5) is 3.94. The predicted molar refractivity (Wildman–Crippen MR) is 57.1 cm³/mol. The maximum absolute atomic E-state index is 10.0. The standard InChI is InChI=1S/C11H18N2O/c1-11(14,5-8-12-2)9-10-3-6-13-7-4-10/h3-4,6-7,12,14H,5,8-9H2,1-2H3. The van der Waals surface area contributed by atoms with Gasteiger partial charge in [-0.2, -0.15) is 0 Å². The fourth-order valence-electron chi connectivity index (χ4n) is 1.42. The number of nitrogens with one attached hydrogen (secondary N) is 1. The number of hydrogen-bond donors (Lipinski definition) is 2. The largest absolute Gasteiger partial charge is 0.390 e. The summed E-state index contributed by atoms with van der Waals surface area (Å²) in [6.45, 7) is 2.70. The lowest BCUT2D eigenvalue weighted by atomic mass is 9.94. The van der Waals surface area contributed by atoms with Crippen molar-refractivity contribution in [3.8, 4) is 0 Å². The van der Waals surface area contributed by atoms with E-state index in [1.165, 1.54) is 0 Å². The summed E-state index contributed by atoms with van der Waals surface area (Å²) in [5.41, 5.74) is 0.491. The van der Waals surface area contributed by atoms with Gasteiger partial charge < -0.3 is 10.4 Å². The molecule has 1 rings (SSSR count). The predicted octanol–water partition coefficient (Wildman–Crippen LogP) is 0.985. The van der Waals surface area contributed by atoms with Crippen LogP contribution in [0.3, 0.4) is 0 Å². The minimum atomic E-state index is -0.635. The van der Waals surface area contributed by atoms with Crippen molar-refractivity contribution in [3.05, 3.63) is 30.1 Å².